The summed E-state index contributed by atoms with van der Waals surface area (Å²) in [7, 11) is 0. The third kappa shape index (κ3) is 4.56. The van der Waals surface area contributed by atoms with E-state index < -0.39 is 0 Å². The highest BCUT2D eigenvalue weighted by Crippen LogP contribution is 1.96. The average Bonchev–Trinajstić information content (AvgIpc) is 2.34. The first-order valence-corrected chi connectivity index (χ1v) is 5.03. The molecule has 0 aromatic heterocycles. The number of nitrogens with one attached hydrogen (secondary N) is 2. The predicted octanol–water partition coefficient (Wildman–Crippen LogP) is 0.820. The fourth-order valence-corrected chi connectivity index (χ4v) is 1.01. The Morgan fingerprint density at radius 1 is 1.38 bits per heavy atom. The normalized spacial score (nSPS) is 11.0. The van der Waals surface area contributed by atoms with Crippen LogP contribution in [-0.2, 0) is 6.54 Å². The minimum Gasteiger partial charge on any atom is -0.333 e. The van der Waals surface area contributed by atoms with Gasteiger partial charge in [0.1, 0.15) is 0 Å². The molecule has 0 fully saturated rings. The third-order valence-corrected chi connectivity index (χ3v) is 1.94. The molecule has 0 atom stereocenters. The summed E-state index contributed by atoms with van der Waals surface area (Å²) < 4.78 is 0. The topological polar surface area (TPSA) is 79.5 Å². The summed E-state index contributed by atoms with van der Waals surface area (Å²) in [6.07, 6.45) is 0. The quantitative estimate of drug-likeness (QED) is 0.519. The minimum absolute atomic E-state index is 0.332. The standard InChI is InChI=1S/C11H16N4O/c1-9(7-12)14-15-11(16)13-8-10-5-3-2-4-6-10/h2-6H,7-8,12H2,1H3,(H2,13,15,16). The summed E-state index contributed by atoms with van der Waals surface area (Å²) >= 11 is 0. The van der Waals surface area contributed by atoms with E-state index in [4.69, 9.17) is 5.73 Å². The summed E-state index contributed by atoms with van der Waals surface area (Å²) in [6.45, 7) is 2.56. The number of rotatable bonds is 4. The predicted molar refractivity (Wildman–Crippen MR) is 64.0 cm³/mol. The Labute approximate surface area is 94.7 Å². The second-order valence-corrected chi connectivity index (χ2v) is 3.33. The minimum atomic E-state index is -0.336. The molecule has 16 heavy (non-hydrogen) atoms. The van der Waals surface area contributed by atoms with E-state index >= 15 is 0 Å². The molecule has 0 saturated heterocycles. The van der Waals surface area contributed by atoms with Crippen molar-refractivity contribution >= 4 is 11.7 Å². The van der Waals surface area contributed by atoms with E-state index in [0.717, 1.165) is 5.56 Å². The fraction of sp³-hybridized carbons (Fsp3) is 0.273. The van der Waals surface area contributed by atoms with Crippen LogP contribution in [0.2, 0.25) is 0 Å². The van der Waals surface area contributed by atoms with Gasteiger partial charge < -0.3 is 11.1 Å². The molecule has 86 valence electrons. The highest BCUT2D eigenvalue weighted by atomic mass is 16.2. The number of nitrogens with two attached hydrogens (primary N) is 1. The average molecular weight is 220 g/mol. The Morgan fingerprint density at radius 2 is 2.06 bits per heavy atom. The highest BCUT2D eigenvalue weighted by Gasteiger charge is 1.98. The molecule has 0 spiro atoms. The van der Waals surface area contributed by atoms with Gasteiger partial charge in [0.05, 0.1) is 0 Å². The van der Waals surface area contributed by atoms with Gasteiger partial charge in [0.15, 0.2) is 0 Å². The van der Waals surface area contributed by atoms with Gasteiger partial charge >= 0.3 is 6.03 Å². The van der Waals surface area contributed by atoms with Crippen LogP contribution in [-0.4, -0.2) is 18.3 Å². The molecule has 0 aliphatic rings. The van der Waals surface area contributed by atoms with Gasteiger partial charge in [-0.1, -0.05) is 30.3 Å². The number of benzene rings is 1. The monoisotopic (exact) mass is 220 g/mol. The number of carbonyl (C=O) groups is 1. The van der Waals surface area contributed by atoms with Crippen molar-refractivity contribution in [2.75, 3.05) is 6.54 Å². The van der Waals surface area contributed by atoms with E-state index in [1.54, 1.807) is 6.92 Å². The largest absolute Gasteiger partial charge is 0.335 e. The van der Waals surface area contributed by atoms with Crippen molar-refractivity contribution in [3.63, 3.8) is 0 Å². The second kappa shape index (κ2) is 6.58. The van der Waals surface area contributed by atoms with E-state index in [2.05, 4.69) is 15.8 Å². The Bertz CT molecular complexity index is 362. The number of hydrazone groups is 1. The summed E-state index contributed by atoms with van der Waals surface area (Å²) in [6, 6.07) is 9.32. The van der Waals surface area contributed by atoms with Crippen LogP contribution in [0, 0.1) is 0 Å². The van der Waals surface area contributed by atoms with E-state index in [0.29, 0.717) is 18.8 Å². The zero-order valence-corrected chi connectivity index (χ0v) is 9.23. The van der Waals surface area contributed by atoms with Crippen molar-refractivity contribution in [3.05, 3.63) is 35.9 Å². The maximum absolute atomic E-state index is 11.3. The number of amides is 2. The molecule has 4 N–H and O–H groups in total. The molecule has 0 unspecified atom stereocenters. The number of hydrogen-bond donors (Lipinski definition) is 3. The number of hydrogen-bond acceptors (Lipinski definition) is 3. The molecule has 0 radical (unpaired) electrons. The Morgan fingerprint density at radius 3 is 2.69 bits per heavy atom. The number of carbonyl (C=O) groups excluding carboxylic acids is 1. The maximum Gasteiger partial charge on any atom is 0.335 e. The van der Waals surface area contributed by atoms with Crippen LogP contribution in [0.25, 0.3) is 0 Å². The molecule has 5 heteroatoms. The molecule has 5 nitrogen and oxygen atoms in total. The van der Waals surface area contributed by atoms with Gasteiger partial charge in [0.2, 0.25) is 0 Å². The molecule has 0 aliphatic heterocycles. The molecule has 0 saturated carbocycles. The number of urea groups is 1. The van der Waals surface area contributed by atoms with Crippen LogP contribution in [0.1, 0.15) is 12.5 Å². The Kier molecular flexibility index (Phi) is 5.01. The summed E-state index contributed by atoms with van der Waals surface area (Å²) in [5.74, 6) is 0. The smallest absolute Gasteiger partial charge is 0.333 e. The van der Waals surface area contributed by atoms with Gasteiger partial charge in [-0.2, -0.15) is 5.10 Å². The first kappa shape index (κ1) is 12.2. The molecule has 0 aliphatic carbocycles. The molecule has 0 bridgehead atoms. The highest BCUT2D eigenvalue weighted by molar-refractivity contribution is 5.85. The van der Waals surface area contributed by atoms with Gasteiger partial charge in [-0.25, -0.2) is 10.2 Å². The molecule has 1 aromatic carbocycles. The van der Waals surface area contributed by atoms with Crippen molar-refractivity contribution < 1.29 is 4.79 Å². The Balaban J connectivity index is 2.31. The zero-order valence-electron chi connectivity index (χ0n) is 9.23. The number of nitrogens with zero attached hydrogens (tertiary/aromatic N) is 1. The van der Waals surface area contributed by atoms with Crippen LogP contribution < -0.4 is 16.5 Å². The third-order valence-electron chi connectivity index (χ3n) is 1.94. The van der Waals surface area contributed by atoms with Gasteiger partial charge in [0.25, 0.3) is 0 Å². The lowest BCUT2D eigenvalue weighted by atomic mass is 10.2. The van der Waals surface area contributed by atoms with Gasteiger partial charge in [-0.3, -0.25) is 0 Å². The maximum atomic E-state index is 11.3. The van der Waals surface area contributed by atoms with Gasteiger partial charge in [-0.15, -0.1) is 0 Å². The summed E-state index contributed by atoms with van der Waals surface area (Å²) in [5.41, 5.74) is 9.40. The fourth-order valence-electron chi connectivity index (χ4n) is 1.01. The SMILES string of the molecule is CC(CN)=NNC(=O)NCc1ccccc1. The van der Waals surface area contributed by atoms with E-state index in [1.165, 1.54) is 0 Å². The van der Waals surface area contributed by atoms with Crippen LogP contribution >= 0.6 is 0 Å². The first-order chi connectivity index (χ1) is 7.72. The van der Waals surface area contributed by atoms with Crippen molar-refractivity contribution in [1.82, 2.24) is 10.7 Å². The zero-order chi connectivity index (χ0) is 11.8. The molecular formula is C11H16N4O. The van der Waals surface area contributed by atoms with E-state index in [-0.39, 0.29) is 6.03 Å². The molecule has 1 aromatic rings. The van der Waals surface area contributed by atoms with Crippen LogP contribution in [0.3, 0.4) is 0 Å². The molecule has 1 rings (SSSR count). The summed E-state index contributed by atoms with van der Waals surface area (Å²) in [5, 5.41) is 6.46. The van der Waals surface area contributed by atoms with Gasteiger partial charge in [0, 0.05) is 18.8 Å². The van der Waals surface area contributed by atoms with Crippen molar-refractivity contribution in [2.45, 2.75) is 13.5 Å². The van der Waals surface area contributed by atoms with Crippen LogP contribution in [0.5, 0.6) is 0 Å². The van der Waals surface area contributed by atoms with Crippen molar-refractivity contribution in [1.29, 1.82) is 0 Å². The van der Waals surface area contributed by atoms with Gasteiger partial charge in [-0.05, 0) is 12.5 Å². The molecular weight excluding hydrogens is 204 g/mol. The second-order valence-electron chi connectivity index (χ2n) is 3.33. The van der Waals surface area contributed by atoms with Crippen LogP contribution in [0.15, 0.2) is 35.4 Å². The molecule has 0 heterocycles. The van der Waals surface area contributed by atoms with Crippen molar-refractivity contribution in [3.8, 4) is 0 Å². The van der Waals surface area contributed by atoms with Crippen LogP contribution in [0.4, 0.5) is 4.79 Å². The lowest BCUT2D eigenvalue weighted by molar-refractivity contribution is 0.241. The Hall–Kier alpha value is -1.88. The lowest BCUT2D eigenvalue weighted by Gasteiger charge is -2.04. The summed E-state index contributed by atoms with van der Waals surface area (Å²) in [4.78, 5) is 11.3. The first-order valence-electron chi connectivity index (χ1n) is 5.03. The molecule has 2 amide bonds. The van der Waals surface area contributed by atoms with E-state index in [9.17, 15) is 4.79 Å². The van der Waals surface area contributed by atoms with E-state index in [1.807, 2.05) is 30.3 Å². The van der Waals surface area contributed by atoms with Crippen molar-refractivity contribution in [2.24, 2.45) is 10.8 Å². The lowest BCUT2D eigenvalue weighted by Crippen LogP contribution is -2.32.